The summed E-state index contributed by atoms with van der Waals surface area (Å²) in [5.41, 5.74) is 2.01. The molecule has 1 heterocycles. The van der Waals surface area contributed by atoms with E-state index < -0.39 is 16.0 Å². The molecule has 0 atom stereocenters. The molecule has 1 aliphatic rings. The van der Waals surface area contributed by atoms with Crippen molar-refractivity contribution in [1.82, 2.24) is 9.21 Å². The Hall–Kier alpha value is -3.17. The summed E-state index contributed by atoms with van der Waals surface area (Å²) in [6, 6.07) is 14.0. The predicted octanol–water partition coefficient (Wildman–Crippen LogP) is 2.31. The van der Waals surface area contributed by atoms with Crippen LogP contribution in [0, 0.1) is 13.8 Å². The Balaban J connectivity index is 1.41. The molecular weight excluding hydrogens is 444 g/mol. The molecule has 2 aromatic carbocycles. The molecule has 0 aromatic heterocycles. The maximum atomic E-state index is 12.7. The van der Waals surface area contributed by atoms with Gasteiger partial charge in [0.15, 0.2) is 0 Å². The molecule has 1 amide bonds. The second-order valence-electron chi connectivity index (χ2n) is 7.61. The molecule has 0 spiro atoms. The van der Waals surface area contributed by atoms with E-state index in [1.807, 2.05) is 32.0 Å². The number of amides is 1. The smallest absolute Gasteiger partial charge is 0.331 e. The van der Waals surface area contributed by atoms with Crippen LogP contribution in [-0.4, -0.2) is 68.9 Å². The first-order valence-electron chi connectivity index (χ1n) is 10.7. The first kappa shape index (κ1) is 24.5. The van der Waals surface area contributed by atoms with Crippen LogP contribution in [0.3, 0.4) is 0 Å². The average Bonchev–Trinajstić information content (AvgIpc) is 2.82. The summed E-state index contributed by atoms with van der Waals surface area (Å²) < 4.78 is 37.5. The lowest BCUT2D eigenvalue weighted by atomic mass is 10.1. The van der Waals surface area contributed by atoms with Crippen LogP contribution >= 0.6 is 0 Å². The van der Waals surface area contributed by atoms with Gasteiger partial charge >= 0.3 is 5.97 Å². The standard InChI is InChI=1S/C24H28N2O6S/c1-19-7-6-8-20(2)24(19)32-18-17-31-23(28)12-11-22(27)25-13-15-26(16-14-25)33(29,30)21-9-4-3-5-10-21/h3-12H,13-18H2,1-2H3/b12-11+. The van der Waals surface area contributed by atoms with E-state index in [-0.39, 0.29) is 50.2 Å². The fraction of sp³-hybridized carbons (Fsp3) is 0.333. The quantitative estimate of drug-likeness (QED) is 0.333. The molecule has 0 radical (unpaired) electrons. The van der Waals surface area contributed by atoms with Crippen LogP contribution < -0.4 is 4.74 Å². The molecule has 3 rings (SSSR count). The van der Waals surface area contributed by atoms with Gasteiger partial charge in [0.1, 0.15) is 19.0 Å². The second kappa shape index (κ2) is 11.1. The fourth-order valence-corrected chi connectivity index (χ4v) is 4.94. The summed E-state index contributed by atoms with van der Waals surface area (Å²) in [5.74, 6) is -0.234. The number of ether oxygens (including phenoxy) is 2. The molecule has 33 heavy (non-hydrogen) atoms. The van der Waals surface area contributed by atoms with Gasteiger partial charge in [-0.2, -0.15) is 4.31 Å². The Morgan fingerprint density at radius 3 is 2.15 bits per heavy atom. The number of aryl methyl sites for hydroxylation is 2. The number of sulfonamides is 1. The lowest BCUT2D eigenvalue weighted by Crippen LogP contribution is -2.50. The van der Waals surface area contributed by atoms with Crippen LogP contribution in [0.25, 0.3) is 0 Å². The summed E-state index contributed by atoms with van der Waals surface area (Å²) in [5, 5.41) is 0. The summed E-state index contributed by atoms with van der Waals surface area (Å²) in [6.07, 6.45) is 2.23. The van der Waals surface area contributed by atoms with Crippen molar-refractivity contribution >= 4 is 21.9 Å². The minimum Gasteiger partial charge on any atom is -0.489 e. The molecule has 0 aliphatic carbocycles. The lowest BCUT2D eigenvalue weighted by Gasteiger charge is -2.33. The van der Waals surface area contributed by atoms with E-state index in [0.29, 0.717) is 0 Å². The van der Waals surface area contributed by atoms with Crippen LogP contribution in [0.1, 0.15) is 11.1 Å². The van der Waals surface area contributed by atoms with E-state index >= 15 is 0 Å². The number of para-hydroxylation sites is 1. The summed E-state index contributed by atoms with van der Waals surface area (Å²) >= 11 is 0. The molecule has 0 N–H and O–H groups in total. The first-order valence-corrected chi connectivity index (χ1v) is 12.1. The average molecular weight is 473 g/mol. The summed E-state index contributed by atoms with van der Waals surface area (Å²) in [4.78, 5) is 26.0. The number of hydrogen-bond acceptors (Lipinski definition) is 6. The van der Waals surface area contributed by atoms with Crippen molar-refractivity contribution in [2.24, 2.45) is 0 Å². The van der Waals surface area contributed by atoms with Gasteiger partial charge in [0.2, 0.25) is 15.9 Å². The number of piperazine rings is 1. The SMILES string of the molecule is Cc1cccc(C)c1OCCOC(=O)/C=C/C(=O)N1CCN(S(=O)(=O)c2ccccc2)CC1. The summed E-state index contributed by atoms with van der Waals surface area (Å²) in [6.45, 7) is 5.02. The Kier molecular flexibility index (Phi) is 8.24. The Morgan fingerprint density at radius 1 is 0.879 bits per heavy atom. The zero-order chi connectivity index (χ0) is 23.8. The van der Waals surface area contributed by atoms with Crippen LogP contribution in [0.15, 0.2) is 65.6 Å². The zero-order valence-corrected chi connectivity index (χ0v) is 19.6. The minimum atomic E-state index is -3.58. The van der Waals surface area contributed by atoms with E-state index in [2.05, 4.69) is 0 Å². The Labute approximate surface area is 194 Å². The van der Waals surface area contributed by atoms with Crippen molar-refractivity contribution in [3.05, 3.63) is 71.8 Å². The second-order valence-corrected chi connectivity index (χ2v) is 9.55. The molecule has 2 aromatic rings. The number of nitrogens with zero attached hydrogens (tertiary/aromatic N) is 2. The monoisotopic (exact) mass is 472 g/mol. The van der Waals surface area contributed by atoms with Gasteiger partial charge in [-0.1, -0.05) is 36.4 Å². The third-order valence-electron chi connectivity index (χ3n) is 5.28. The van der Waals surface area contributed by atoms with Crippen molar-refractivity contribution in [2.45, 2.75) is 18.7 Å². The van der Waals surface area contributed by atoms with Gasteiger partial charge in [0.25, 0.3) is 0 Å². The van der Waals surface area contributed by atoms with Crippen LogP contribution in [0.2, 0.25) is 0 Å². The normalized spacial score (nSPS) is 14.9. The van der Waals surface area contributed by atoms with E-state index in [1.54, 1.807) is 30.3 Å². The molecule has 0 saturated carbocycles. The third kappa shape index (κ3) is 6.43. The first-order chi connectivity index (χ1) is 15.8. The molecule has 1 saturated heterocycles. The molecule has 1 aliphatic heterocycles. The largest absolute Gasteiger partial charge is 0.489 e. The number of esters is 1. The van der Waals surface area contributed by atoms with E-state index in [1.165, 1.54) is 9.21 Å². The number of carbonyl (C=O) groups is 2. The highest BCUT2D eigenvalue weighted by Crippen LogP contribution is 2.22. The highest BCUT2D eigenvalue weighted by molar-refractivity contribution is 7.89. The topological polar surface area (TPSA) is 93.2 Å². The van der Waals surface area contributed by atoms with Gasteiger partial charge in [-0.3, -0.25) is 4.79 Å². The van der Waals surface area contributed by atoms with E-state index in [9.17, 15) is 18.0 Å². The summed E-state index contributed by atoms with van der Waals surface area (Å²) in [7, 11) is -3.58. The van der Waals surface area contributed by atoms with Crippen molar-refractivity contribution in [2.75, 3.05) is 39.4 Å². The maximum absolute atomic E-state index is 12.7. The highest BCUT2D eigenvalue weighted by atomic mass is 32.2. The predicted molar refractivity (Wildman–Crippen MR) is 123 cm³/mol. The molecule has 1 fully saturated rings. The molecule has 8 nitrogen and oxygen atoms in total. The number of carbonyl (C=O) groups excluding carboxylic acids is 2. The number of benzene rings is 2. The Bertz CT molecular complexity index is 1090. The van der Waals surface area contributed by atoms with Crippen LogP contribution in [0.4, 0.5) is 0 Å². The van der Waals surface area contributed by atoms with Crippen LogP contribution in [0.5, 0.6) is 5.75 Å². The number of rotatable bonds is 8. The van der Waals surface area contributed by atoms with E-state index in [0.717, 1.165) is 29.0 Å². The lowest BCUT2D eigenvalue weighted by molar-refractivity contribution is -0.139. The maximum Gasteiger partial charge on any atom is 0.331 e. The minimum absolute atomic E-state index is 0.0567. The van der Waals surface area contributed by atoms with Gasteiger partial charge in [0, 0.05) is 38.3 Å². The van der Waals surface area contributed by atoms with Gasteiger partial charge < -0.3 is 14.4 Å². The molecule has 9 heteroatoms. The Morgan fingerprint density at radius 2 is 1.52 bits per heavy atom. The van der Waals surface area contributed by atoms with Crippen LogP contribution in [-0.2, 0) is 24.3 Å². The number of hydrogen-bond donors (Lipinski definition) is 0. The molecule has 0 bridgehead atoms. The van der Waals surface area contributed by atoms with Gasteiger partial charge in [-0.05, 0) is 37.1 Å². The van der Waals surface area contributed by atoms with Crippen molar-refractivity contribution < 1.29 is 27.5 Å². The fourth-order valence-electron chi connectivity index (χ4n) is 3.50. The molecular formula is C24H28N2O6S. The zero-order valence-electron chi connectivity index (χ0n) is 18.8. The van der Waals surface area contributed by atoms with Crippen molar-refractivity contribution in [3.63, 3.8) is 0 Å². The van der Waals surface area contributed by atoms with Gasteiger partial charge in [-0.25, -0.2) is 13.2 Å². The van der Waals surface area contributed by atoms with Crippen molar-refractivity contribution in [1.29, 1.82) is 0 Å². The van der Waals surface area contributed by atoms with E-state index in [4.69, 9.17) is 9.47 Å². The molecule has 176 valence electrons. The van der Waals surface area contributed by atoms with Gasteiger partial charge in [-0.15, -0.1) is 0 Å². The molecule has 0 unspecified atom stereocenters. The highest BCUT2D eigenvalue weighted by Gasteiger charge is 2.29. The van der Waals surface area contributed by atoms with Gasteiger partial charge in [0.05, 0.1) is 4.90 Å². The third-order valence-corrected chi connectivity index (χ3v) is 7.19. The van der Waals surface area contributed by atoms with Crippen molar-refractivity contribution in [3.8, 4) is 5.75 Å².